The van der Waals surface area contributed by atoms with E-state index in [0.29, 0.717) is 12.7 Å². The third kappa shape index (κ3) is 4.07. The summed E-state index contributed by atoms with van der Waals surface area (Å²) in [6, 6.07) is 8.60. The van der Waals surface area contributed by atoms with Gasteiger partial charge in [-0.05, 0) is 48.6 Å². The zero-order valence-electron chi connectivity index (χ0n) is 13.1. The molecule has 2 rings (SSSR count). The highest BCUT2D eigenvalue weighted by Gasteiger charge is 2.25. The monoisotopic (exact) mass is 275 g/mol. The summed E-state index contributed by atoms with van der Waals surface area (Å²) in [7, 11) is 0. The van der Waals surface area contributed by atoms with Crippen molar-refractivity contribution in [3.8, 4) is 0 Å². The van der Waals surface area contributed by atoms with Crippen LogP contribution in [0.15, 0.2) is 24.3 Å². The van der Waals surface area contributed by atoms with E-state index in [-0.39, 0.29) is 6.04 Å². The Morgan fingerprint density at radius 2 is 1.85 bits per heavy atom. The highest BCUT2D eigenvalue weighted by molar-refractivity contribution is 5.24. The van der Waals surface area contributed by atoms with Crippen molar-refractivity contribution in [1.82, 2.24) is 0 Å². The molecule has 0 amide bonds. The first-order valence-corrected chi connectivity index (χ1v) is 8.06. The van der Waals surface area contributed by atoms with Gasteiger partial charge < -0.3 is 10.5 Å². The predicted octanol–water partition coefficient (Wildman–Crippen LogP) is 4.09. The lowest BCUT2D eigenvalue weighted by atomic mass is 9.80. The molecule has 112 valence electrons. The van der Waals surface area contributed by atoms with E-state index in [1.165, 1.54) is 30.4 Å². The van der Waals surface area contributed by atoms with Gasteiger partial charge in [0.05, 0.1) is 18.8 Å². The molecule has 0 heterocycles. The van der Waals surface area contributed by atoms with Crippen LogP contribution in [0.1, 0.15) is 57.2 Å². The van der Waals surface area contributed by atoms with Crippen molar-refractivity contribution in [3.63, 3.8) is 0 Å². The zero-order valence-corrected chi connectivity index (χ0v) is 13.1. The molecule has 2 nitrogen and oxygen atoms in total. The molecule has 20 heavy (non-hydrogen) atoms. The summed E-state index contributed by atoms with van der Waals surface area (Å²) in [6.07, 6.45) is 5.13. The Morgan fingerprint density at radius 1 is 1.15 bits per heavy atom. The average molecular weight is 275 g/mol. The number of nitrogens with two attached hydrogens (primary N) is 1. The van der Waals surface area contributed by atoms with Crippen molar-refractivity contribution in [1.29, 1.82) is 0 Å². The predicted molar refractivity (Wildman–Crippen MR) is 84.7 cm³/mol. The van der Waals surface area contributed by atoms with Gasteiger partial charge in [0.1, 0.15) is 0 Å². The van der Waals surface area contributed by atoms with Gasteiger partial charge in [-0.1, -0.05) is 45.0 Å². The smallest absolute Gasteiger partial charge is 0.0663 e. The maximum Gasteiger partial charge on any atom is 0.0663 e. The van der Waals surface area contributed by atoms with Crippen LogP contribution < -0.4 is 5.73 Å². The molecule has 0 aliphatic heterocycles. The summed E-state index contributed by atoms with van der Waals surface area (Å²) in [6.45, 7) is 7.49. The first kappa shape index (κ1) is 15.5. The summed E-state index contributed by atoms with van der Waals surface area (Å²) in [5.41, 5.74) is 8.78. The van der Waals surface area contributed by atoms with Crippen molar-refractivity contribution >= 4 is 0 Å². The van der Waals surface area contributed by atoms with Gasteiger partial charge in [-0.2, -0.15) is 0 Å². The van der Waals surface area contributed by atoms with E-state index in [0.717, 1.165) is 18.3 Å². The lowest BCUT2D eigenvalue weighted by molar-refractivity contribution is -0.00363. The molecule has 1 aliphatic rings. The number of aryl methyl sites for hydroxylation is 1. The number of hydrogen-bond acceptors (Lipinski definition) is 2. The fraction of sp³-hybridized carbons (Fsp3) is 0.667. The second-order valence-corrected chi connectivity index (χ2v) is 6.42. The Bertz CT molecular complexity index is 400. The molecule has 0 aromatic heterocycles. The van der Waals surface area contributed by atoms with Crippen LogP contribution in [0.25, 0.3) is 0 Å². The average Bonchev–Trinajstić information content (AvgIpc) is 2.48. The second kappa shape index (κ2) is 7.24. The van der Waals surface area contributed by atoms with Crippen LogP contribution in [-0.2, 0) is 11.2 Å². The van der Waals surface area contributed by atoms with Crippen LogP contribution in [0.3, 0.4) is 0 Å². The number of hydrogen-bond donors (Lipinski definition) is 1. The second-order valence-electron chi connectivity index (χ2n) is 6.42. The lowest BCUT2D eigenvalue weighted by Gasteiger charge is -2.32. The van der Waals surface area contributed by atoms with Crippen LogP contribution in [-0.4, -0.2) is 12.7 Å². The van der Waals surface area contributed by atoms with Gasteiger partial charge in [-0.15, -0.1) is 0 Å². The van der Waals surface area contributed by atoms with Crippen LogP contribution >= 0.6 is 0 Å². The highest BCUT2D eigenvalue weighted by Crippen LogP contribution is 2.31. The third-order valence-electron chi connectivity index (χ3n) is 4.88. The Morgan fingerprint density at radius 3 is 2.45 bits per heavy atom. The van der Waals surface area contributed by atoms with Crippen molar-refractivity contribution < 1.29 is 4.74 Å². The third-order valence-corrected chi connectivity index (χ3v) is 4.88. The van der Waals surface area contributed by atoms with Crippen molar-refractivity contribution in [2.24, 2.45) is 17.6 Å². The van der Waals surface area contributed by atoms with E-state index in [2.05, 4.69) is 45.0 Å². The van der Waals surface area contributed by atoms with Crippen LogP contribution in [0.4, 0.5) is 0 Å². The van der Waals surface area contributed by atoms with E-state index in [1.54, 1.807) is 0 Å². The molecule has 0 radical (unpaired) electrons. The minimum Gasteiger partial charge on any atom is -0.376 e. The van der Waals surface area contributed by atoms with Gasteiger partial charge >= 0.3 is 0 Å². The molecular weight excluding hydrogens is 246 g/mol. The van der Waals surface area contributed by atoms with Crippen LogP contribution in [0, 0.1) is 11.8 Å². The first-order chi connectivity index (χ1) is 9.60. The standard InChI is InChI=1S/C18H29NO/c1-4-15-6-8-16(9-7-15)18(19)12-20-17-10-5-13(2)14(3)11-17/h6-9,13-14,17-18H,4-5,10-12,19H2,1-3H3. The molecule has 0 saturated heterocycles. The molecule has 0 spiro atoms. The Balaban J connectivity index is 1.81. The number of benzene rings is 1. The first-order valence-electron chi connectivity index (χ1n) is 8.06. The molecule has 0 bridgehead atoms. The maximum absolute atomic E-state index is 6.24. The Labute approximate surface area is 123 Å². The lowest BCUT2D eigenvalue weighted by Crippen LogP contribution is -2.29. The quantitative estimate of drug-likeness (QED) is 0.878. The largest absolute Gasteiger partial charge is 0.376 e. The van der Waals surface area contributed by atoms with Gasteiger partial charge in [-0.25, -0.2) is 0 Å². The molecule has 1 fully saturated rings. The molecule has 1 aromatic rings. The molecule has 1 aromatic carbocycles. The van der Waals surface area contributed by atoms with Gasteiger partial charge in [0.25, 0.3) is 0 Å². The Hall–Kier alpha value is -0.860. The van der Waals surface area contributed by atoms with E-state index >= 15 is 0 Å². The van der Waals surface area contributed by atoms with Gasteiger partial charge in [0, 0.05) is 0 Å². The summed E-state index contributed by atoms with van der Waals surface area (Å²) in [4.78, 5) is 0. The highest BCUT2D eigenvalue weighted by atomic mass is 16.5. The SMILES string of the molecule is CCc1ccc(C(N)COC2CCC(C)C(C)C2)cc1. The molecule has 4 unspecified atom stereocenters. The maximum atomic E-state index is 6.24. The molecule has 1 aliphatic carbocycles. The topological polar surface area (TPSA) is 35.2 Å². The summed E-state index contributed by atoms with van der Waals surface area (Å²) < 4.78 is 6.05. The molecule has 4 atom stereocenters. The van der Waals surface area contributed by atoms with E-state index in [4.69, 9.17) is 10.5 Å². The summed E-state index contributed by atoms with van der Waals surface area (Å²) in [5.74, 6) is 1.61. The Kier molecular flexibility index (Phi) is 5.62. The molecule has 2 heteroatoms. The fourth-order valence-corrected chi connectivity index (χ4v) is 2.99. The minimum atomic E-state index is -0.00411. The van der Waals surface area contributed by atoms with Crippen LogP contribution in [0.2, 0.25) is 0 Å². The van der Waals surface area contributed by atoms with Crippen molar-refractivity contribution in [3.05, 3.63) is 35.4 Å². The summed E-state index contributed by atoms with van der Waals surface area (Å²) >= 11 is 0. The van der Waals surface area contributed by atoms with Gasteiger partial charge in [-0.3, -0.25) is 0 Å². The van der Waals surface area contributed by atoms with Crippen LogP contribution in [0.5, 0.6) is 0 Å². The normalized spacial score (nSPS) is 28.3. The number of ether oxygens (including phenoxy) is 1. The van der Waals surface area contributed by atoms with Gasteiger partial charge in [0.15, 0.2) is 0 Å². The minimum absolute atomic E-state index is 0.00411. The zero-order chi connectivity index (χ0) is 14.5. The molecular formula is C18H29NO. The van der Waals surface area contributed by atoms with E-state index < -0.39 is 0 Å². The van der Waals surface area contributed by atoms with Crippen molar-refractivity contribution in [2.75, 3.05) is 6.61 Å². The van der Waals surface area contributed by atoms with Gasteiger partial charge in [0.2, 0.25) is 0 Å². The molecule has 1 saturated carbocycles. The van der Waals surface area contributed by atoms with E-state index in [1.807, 2.05) is 0 Å². The van der Waals surface area contributed by atoms with E-state index in [9.17, 15) is 0 Å². The molecule has 2 N–H and O–H groups in total. The number of rotatable bonds is 5. The summed E-state index contributed by atoms with van der Waals surface area (Å²) in [5, 5.41) is 0. The van der Waals surface area contributed by atoms with Crippen molar-refractivity contribution in [2.45, 2.75) is 58.6 Å². The fourth-order valence-electron chi connectivity index (χ4n) is 2.99.